The average Bonchev–Trinajstić information content (AvgIpc) is 2.78. The number of aromatic nitrogens is 1. The van der Waals surface area contributed by atoms with E-state index in [1.165, 1.54) is 13.3 Å². The Morgan fingerprint density at radius 3 is 2.39 bits per heavy atom. The van der Waals surface area contributed by atoms with Crippen molar-refractivity contribution in [2.75, 3.05) is 17.7 Å². The zero-order valence-electron chi connectivity index (χ0n) is 18.0. The van der Waals surface area contributed by atoms with Crippen molar-refractivity contribution in [3.63, 3.8) is 0 Å². The minimum Gasteiger partial charge on any atom is -0.465 e. The van der Waals surface area contributed by atoms with E-state index in [-0.39, 0.29) is 11.5 Å². The van der Waals surface area contributed by atoms with Crippen LogP contribution in [0.2, 0.25) is 0 Å². The summed E-state index contributed by atoms with van der Waals surface area (Å²) >= 11 is 0. The van der Waals surface area contributed by atoms with Crippen LogP contribution in [0.3, 0.4) is 0 Å². The standard InChI is InChI=1S/C24H22F3N3O3/c1-15-11-12-28-22(21(15)30-20(31)13-24(25,26)27)29-14-16-7-9-17(10-8-16)18-5-3-4-6-19(18)23(32)33-2/h3-12H,13-14H2,1-2H3,(H,28,29)(H,30,31). The van der Waals surface area contributed by atoms with E-state index < -0.39 is 24.5 Å². The molecular formula is C24H22F3N3O3. The van der Waals surface area contributed by atoms with Crippen LogP contribution >= 0.6 is 0 Å². The van der Waals surface area contributed by atoms with Gasteiger partial charge in [-0.1, -0.05) is 42.5 Å². The summed E-state index contributed by atoms with van der Waals surface area (Å²) in [6.45, 7) is 1.99. The molecule has 0 atom stereocenters. The SMILES string of the molecule is COC(=O)c1ccccc1-c1ccc(CNc2nccc(C)c2NC(=O)CC(F)(F)F)cc1. The number of anilines is 2. The van der Waals surface area contributed by atoms with Gasteiger partial charge in [0, 0.05) is 12.7 Å². The molecule has 1 amide bonds. The van der Waals surface area contributed by atoms with Crippen molar-refractivity contribution in [3.8, 4) is 11.1 Å². The number of carbonyl (C=O) groups is 2. The van der Waals surface area contributed by atoms with Gasteiger partial charge in [0.05, 0.1) is 18.4 Å². The number of nitrogens with zero attached hydrogens (tertiary/aromatic N) is 1. The first-order valence-electron chi connectivity index (χ1n) is 10.0. The van der Waals surface area contributed by atoms with Crippen LogP contribution in [0.5, 0.6) is 0 Å². The van der Waals surface area contributed by atoms with Gasteiger partial charge in [0.1, 0.15) is 12.2 Å². The van der Waals surface area contributed by atoms with Crippen LogP contribution in [-0.2, 0) is 16.1 Å². The van der Waals surface area contributed by atoms with Gasteiger partial charge in [0.15, 0.2) is 0 Å². The van der Waals surface area contributed by atoms with Crippen molar-refractivity contribution in [1.82, 2.24) is 4.98 Å². The normalized spacial score (nSPS) is 11.1. The summed E-state index contributed by atoms with van der Waals surface area (Å²) in [5.41, 5.74) is 3.67. The van der Waals surface area contributed by atoms with E-state index >= 15 is 0 Å². The number of halogens is 3. The summed E-state index contributed by atoms with van der Waals surface area (Å²) in [6, 6.07) is 16.1. The maximum absolute atomic E-state index is 12.5. The Morgan fingerprint density at radius 1 is 1.03 bits per heavy atom. The number of hydrogen-bond acceptors (Lipinski definition) is 5. The Kier molecular flexibility index (Phi) is 7.32. The van der Waals surface area contributed by atoms with Crippen molar-refractivity contribution in [1.29, 1.82) is 0 Å². The number of ether oxygens (including phenoxy) is 1. The maximum atomic E-state index is 12.5. The van der Waals surface area contributed by atoms with E-state index in [0.29, 0.717) is 17.7 Å². The topological polar surface area (TPSA) is 80.3 Å². The van der Waals surface area contributed by atoms with E-state index in [2.05, 4.69) is 15.6 Å². The fourth-order valence-electron chi connectivity index (χ4n) is 3.23. The van der Waals surface area contributed by atoms with Gasteiger partial charge < -0.3 is 15.4 Å². The van der Waals surface area contributed by atoms with Crippen LogP contribution in [0.4, 0.5) is 24.7 Å². The molecule has 2 aromatic carbocycles. The van der Waals surface area contributed by atoms with E-state index in [0.717, 1.165) is 16.7 Å². The highest BCUT2D eigenvalue weighted by Gasteiger charge is 2.31. The third-order valence-electron chi connectivity index (χ3n) is 4.84. The number of esters is 1. The number of carbonyl (C=O) groups excluding carboxylic acids is 2. The lowest BCUT2D eigenvalue weighted by molar-refractivity contribution is -0.150. The van der Waals surface area contributed by atoms with E-state index in [1.807, 2.05) is 36.4 Å². The molecule has 0 spiro atoms. The molecule has 0 aliphatic carbocycles. The van der Waals surface area contributed by atoms with Gasteiger partial charge in [-0.15, -0.1) is 0 Å². The van der Waals surface area contributed by atoms with E-state index in [1.54, 1.807) is 25.1 Å². The van der Waals surface area contributed by atoms with Crippen LogP contribution in [-0.4, -0.2) is 30.1 Å². The predicted octanol–water partition coefficient (Wildman–Crippen LogP) is 5.35. The second-order valence-electron chi connectivity index (χ2n) is 7.28. The number of hydrogen-bond donors (Lipinski definition) is 2. The molecule has 0 saturated carbocycles. The largest absolute Gasteiger partial charge is 0.465 e. The molecule has 6 nitrogen and oxygen atoms in total. The lowest BCUT2D eigenvalue weighted by Gasteiger charge is -2.15. The number of benzene rings is 2. The highest BCUT2D eigenvalue weighted by atomic mass is 19.4. The van der Waals surface area contributed by atoms with Gasteiger partial charge in [0.2, 0.25) is 5.91 Å². The fraction of sp³-hybridized carbons (Fsp3) is 0.208. The maximum Gasteiger partial charge on any atom is 0.397 e. The van der Waals surface area contributed by atoms with Gasteiger partial charge in [-0.05, 0) is 41.3 Å². The van der Waals surface area contributed by atoms with Crippen molar-refractivity contribution < 1.29 is 27.5 Å². The molecule has 1 aromatic heterocycles. The second kappa shape index (κ2) is 10.2. The van der Waals surface area contributed by atoms with Crippen LogP contribution in [0.25, 0.3) is 11.1 Å². The number of amides is 1. The molecule has 172 valence electrons. The van der Waals surface area contributed by atoms with E-state index in [9.17, 15) is 22.8 Å². The molecule has 0 saturated heterocycles. The van der Waals surface area contributed by atoms with Gasteiger partial charge in [-0.3, -0.25) is 4.79 Å². The summed E-state index contributed by atoms with van der Waals surface area (Å²) in [7, 11) is 1.33. The lowest BCUT2D eigenvalue weighted by atomic mass is 9.98. The minimum absolute atomic E-state index is 0.204. The number of aryl methyl sites for hydroxylation is 1. The third-order valence-corrected chi connectivity index (χ3v) is 4.84. The molecule has 1 heterocycles. The molecular weight excluding hydrogens is 435 g/mol. The summed E-state index contributed by atoms with van der Waals surface area (Å²) < 4.78 is 42.4. The van der Waals surface area contributed by atoms with Gasteiger partial charge in [-0.25, -0.2) is 9.78 Å². The summed E-state index contributed by atoms with van der Waals surface area (Å²) in [4.78, 5) is 27.9. The van der Waals surface area contributed by atoms with Gasteiger partial charge >= 0.3 is 12.1 Å². The van der Waals surface area contributed by atoms with Crippen molar-refractivity contribution in [3.05, 3.63) is 77.5 Å². The second-order valence-corrected chi connectivity index (χ2v) is 7.28. The van der Waals surface area contributed by atoms with Crippen molar-refractivity contribution >= 4 is 23.4 Å². The molecule has 9 heteroatoms. The molecule has 0 aliphatic heterocycles. The monoisotopic (exact) mass is 457 g/mol. The Labute approximate surface area is 188 Å². The molecule has 0 aliphatic rings. The smallest absolute Gasteiger partial charge is 0.397 e. The molecule has 33 heavy (non-hydrogen) atoms. The Hall–Kier alpha value is -3.88. The van der Waals surface area contributed by atoms with Crippen LogP contribution < -0.4 is 10.6 Å². The first-order chi connectivity index (χ1) is 15.7. The first-order valence-corrected chi connectivity index (χ1v) is 10.0. The minimum atomic E-state index is -4.60. The zero-order chi connectivity index (χ0) is 24.0. The van der Waals surface area contributed by atoms with Gasteiger partial charge in [-0.2, -0.15) is 13.2 Å². The highest BCUT2D eigenvalue weighted by molar-refractivity contribution is 5.97. The van der Waals surface area contributed by atoms with Crippen LogP contribution in [0.15, 0.2) is 60.8 Å². The molecule has 3 aromatic rings. The molecule has 0 unspecified atom stereocenters. The number of rotatable bonds is 7. The number of pyridine rings is 1. The average molecular weight is 457 g/mol. The first kappa shape index (κ1) is 23.8. The third kappa shape index (κ3) is 6.31. The highest BCUT2D eigenvalue weighted by Crippen LogP contribution is 2.27. The Balaban J connectivity index is 1.74. The quantitative estimate of drug-likeness (QED) is 0.468. The summed E-state index contributed by atoms with van der Waals surface area (Å²) in [5, 5.41) is 5.35. The molecule has 2 N–H and O–H groups in total. The Bertz CT molecular complexity index is 1150. The van der Waals surface area contributed by atoms with Crippen molar-refractivity contribution in [2.45, 2.75) is 26.1 Å². The lowest BCUT2D eigenvalue weighted by Crippen LogP contribution is -2.22. The number of nitrogens with one attached hydrogen (secondary N) is 2. The molecule has 0 fully saturated rings. The van der Waals surface area contributed by atoms with Gasteiger partial charge in [0.25, 0.3) is 0 Å². The van der Waals surface area contributed by atoms with Crippen LogP contribution in [0.1, 0.15) is 27.9 Å². The number of alkyl halides is 3. The Morgan fingerprint density at radius 2 is 1.73 bits per heavy atom. The number of methoxy groups -OCH3 is 1. The van der Waals surface area contributed by atoms with E-state index in [4.69, 9.17) is 4.74 Å². The van der Waals surface area contributed by atoms with Crippen molar-refractivity contribution in [2.24, 2.45) is 0 Å². The molecule has 0 radical (unpaired) electrons. The predicted molar refractivity (Wildman–Crippen MR) is 119 cm³/mol. The molecule has 0 bridgehead atoms. The zero-order valence-corrected chi connectivity index (χ0v) is 18.0. The van der Waals surface area contributed by atoms with Crippen LogP contribution in [0, 0.1) is 6.92 Å². The fourth-order valence-corrected chi connectivity index (χ4v) is 3.23. The molecule has 3 rings (SSSR count). The summed E-state index contributed by atoms with van der Waals surface area (Å²) in [6.07, 6.45) is -4.67. The summed E-state index contributed by atoms with van der Waals surface area (Å²) in [5.74, 6) is -1.32.